The Hall–Kier alpha value is -2.77. The van der Waals surface area contributed by atoms with Crippen molar-refractivity contribution in [2.75, 3.05) is 5.32 Å². The highest BCUT2D eigenvalue weighted by Gasteiger charge is 2.16. The van der Waals surface area contributed by atoms with Crippen molar-refractivity contribution >= 4 is 17.6 Å². The summed E-state index contributed by atoms with van der Waals surface area (Å²) in [4.78, 5) is 30.5. The molecule has 0 spiro atoms. The average molecular weight is 261 g/mol. The van der Waals surface area contributed by atoms with Crippen LogP contribution in [-0.4, -0.2) is 37.1 Å². The lowest BCUT2D eigenvalue weighted by Gasteiger charge is -2.05. The number of aromatic amines is 1. The van der Waals surface area contributed by atoms with Crippen LogP contribution in [0.4, 0.5) is 5.69 Å². The van der Waals surface area contributed by atoms with E-state index in [1.165, 1.54) is 18.5 Å². The Labute approximate surface area is 107 Å². The molecule has 0 aromatic carbocycles. The van der Waals surface area contributed by atoms with Crippen molar-refractivity contribution < 1.29 is 14.7 Å². The number of nitrogens with one attached hydrogen (secondary N) is 2. The first-order valence-electron chi connectivity index (χ1n) is 5.51. The quantitative estimate of drug-likeness (QED) is 0.745. The van der Waals surface area contributed by atoms with Crippen molar-refractivity contribution in [3.05, 3.63) is 35.7 Å². The van der Waals surface area contributed by atoms with E-state index in [1.807, 2.05) is 6.92 Å². The number of anilines is 1. The number of rotatable bonds is 4. The van der Waals surface area contributed by atoms with Gasteiger partial charge in [0.2, 0.25) is 5.82 Å². The number of aryl methyl sites for hydroxylation is 1. The average Bonchev–Trinajstić information content (AvgIpc) is 2.88. The fraction of sp³-hybridized carbons (Fsp3) is 0.182. The van der Waals surface area contributed by atoms with Gasteiger partial charge in [-0.05, 0) is 6.07 Å². The molecule has 1 amide bonds. The number of carbonyl (C=O) groups excluding carboxylic acids is 1. The van der Waals surface area contributed by atoms with Crippen LogP contribution in [0.1, 0.15) is 33.7 Å². The second kappa shape index (κ2) is 5.25. The molecule has 3 N–H and O–H groups in total. The molecule has 0 radical (unpaired) electrons. The Morgan fingerprint density at radius 2 is 2.26 bits per heavy atom. The first-order valence-corrected chi connectivity index (χ1v) is 5.51. The predicted molar refractivity (Wildman–Crippen MR) is 64.9 cm³/mol. The fourth-order valence-electron chi connectivity index (χ4n) is 1.41. The minimum Gasteiger partial charge on any atom is -0.478 e. The molecule has 8 nitrogen and oxygen atoms in total. The van der Waals surface area contributed by atoms with E-state index >= 15 is 0 Å². The number of pyridine rings is 1. The van der Waals surface area contributed by atoms with Gasteiger partial charge in [-0.3, -0.25) is 14.9 Å². The summed E-state index contributed by atoms with van der Waals surface area (Å²) in [5.41, 5.74) is 0.0532. The van der Waals surface area contributed by atoms with Crippen LogP contribution in [0.15, 0.2) is 18.5 Å². The molecule has 98 valence electrons. The van der Waals surface area contributed by atoms with Gasteiger partial charge in [-0.1, -0.05) is 6.92 Å². The summed E-state index contributed by atoms with van der Waals surface area (Å²) in [6, 6.07) is 1.30. The highest BCUT2D eigenvalue weighted by atomic mass is 16.4. The SMILES string of the molecule is CCc1nc(C(=O)Nc2cnccc2C(=O)O)n[nH]1. The number of hydrogen-bond donors (Lipinski definition) is 3. The molecule has 0 bridgehead atoms. The Balaban J connectivity index is 2.21. The number of H-pyrrole nitrogens is 1. The third-order valence-corrected chi connectivity index (χ3v) is 2.37. The monoisotopic (exact) mass is 261 g/mol. The molecule has 0 aliphatic carbocycles. The van der Waals surface area contributed by atoms with Gasteiger partial charge in [0.15, 0.2) is 0 Å². The lowest BCUT2D eigenvalue weighted by atomic mass is 10.2. The van der Waals surface area contributed by atoms with E-state index in [0.717, 1.165) is 0 Å². The molecule has 2 aromatic heterocycles. The third-order valence-electron chi connectivity index (χ3n) is 2.37. The standard InChI is InChI=1S/C11H11N5O3/c1-2-8-14-9(16-15-8)10(17)13-7-5-12-4-3-6(7)11(18)19/h3-5H,2H2,1H3,(H,13,17)(H,18,19)(H,14,15,16). The number of carboxylic acid groups (broad SMARTS) is 1. The Kier molecular flexibility index (Phi) is 3.51. The van der Waals surface area contributed by atoms with E-state index in [1.54, 1.807) is 0 Å². The van der Waals surface area contributed by atoms with Crippen molar-refractivity contribution in [3.8, 4) is 0 Å². The van der Waals surface area contributed by atoms with Gasteiger partial charge in [-0.2, -0.15) is 0 Å². The van der Waals surface area contributed by atoms with Crippen LogP contribution in [-0.2, 0) is 6.42 Å². The van der Waals surface area contributed by atoms with Crippen molar-refractivity contribution in [3.63, 3.8) is 0 Å². The van der Waals surface area contributed by atoms with Gasteiger partial charge in [-0.25, -0.2) is 9.78 Å². The van der Waals surface area contributed by atoms with Gasteiger partial charge in [-0.15, -0.1) is 5.10 Å². The van der Waals surface area contributed by atoms with Crippen molar-refractivity contribution in [1.82, 2.24) is 20.2 Å². The number of carbonyl (C=O) groups is 2. The number of aromatic carboxylic acids is 1. The highest BCUT2D eigenvalue weighted by Crippen LogP contribution is 2.13. The van der Waals surface area contributed by atoms with Gasteiger partial charge in [0.1, 0.15) is 5.82 Å². The van der Waals surface area contributed by atoms with Gasteiger partial charge in [0, 0.05) is 12.6 Å². The van der Waals surface area contributed by atoms with Crippen LogP contribution >= 0.6 is 0 Å². The molecule has 0 saturated carbocycles. The van der Waals surface area contributed by atoms with E-state index in [9.17, 15) is 9.59 Å². The number of carboxylic acids is 1. The molecule has 8 heteroatoms. The van der Waals surface area contributed by atoms with E-state index in [4.69, 9.17) is 5.11 Å². The van der Waals surface area contributed by atoms with Gasteiger partial charge in [0.05, 0.1) is 17.4 Å². The second-order valence-corrected chi connectivity index (χ2v) is 3.64. The smallest absolute Gasteiger partial charge is 0.337 e. The van der Waals surface area contributed by atoms with Crippen molar-refractivity contribution in [1.29, 1.82) is 0 Å². The number of amides is 1. The fourth-order valence-corrected chi connectivity index (χ4v) is 1.41. The van der Waals surface area contributed by atoms with Crippen LogP contribution in [0.5, 0.6) is 0 Å². The summed E-state index contributed by atoms with van der Waals surface area (Å²) in [6.45, 7) is 1.87. The zero-order valence-electron chi connectivity index (χ0n) is 10.0. The summed E-state index contributed by atoms with van der Waals surface area (Å²) in [5.74, 6) is -1.21. The summed E-state index contributed by atoms with van der Waals surface area (Å²) in [7, 11) is 0. The number of nitrogens with zero attached hydrogens (tertiary/aromatic N) is 3. The molecule has 2 aromatic rings. The summed E-state index contributed by atoms with van der Waals surface area (Å²) in [5, 5.41) is 17.7. The first-order chi connectivity index (χ1) is 9.11. The van der Waals surface area contributed by atoms with Crippen molar-refractivity contribution in [2.24, 2.45) is 0 Å². The lowest BCUT2D eigenvalue weighted by Crippen LogP contribution is -2.16. The Morgan fingerprint density at radius 3 is 2.89 bits per heavy atom. The van der Waals surface area contributed by atoms with Crippen LogP contribution in [0.2, 0.25) is 0 Å². The summed E-state index contributed by atoms with van der Waals surface area (Å²) in [6.07, 6.45) is 3.21. The Morgan fingerprint density at radius 1 is 1.47 bits per heavy atom. The molecule has 0 saturated heterocycles. The maximum absolute atomic E-state index is 11.8. The third kappa shape index (κ3) is 2.73. The summed E-state index contributed by atoms with van der Waals surface area (Å²) < 4.78 is 0. The molecule has 0 fully saturated rings. The van der Waals surface area contributed by atoms with E-state index in [-0.39, 0.29) is 17.1 Å². The predicted octanol–water partition coefficient (Wildman–Crippen LogP) is 0.713. The maximum Gasteiger partial charge on any atom is 0.337 e. The normalized spacial score (nSPS) is 10.2. The molecular formula is C11H11N5O3. The maximum atomic E-state index is 11.8. The van der Waals surface area contributed by atoms with Crippen LogP contribution in [0, 0.1) is 0 Å². The zero-order chi connectivity index (χ0) is 13.8. The van der Waals surface area contributed by atoms with E-state index in [0.29, 0.717) is 12.2 Å². The Bertz CT molecular complexity index is 622. The minimum absolute atomic E-state index is 0.0444. The van der Waals surface area contributed by atoms with E-state index in [2.05, 4.69) is 25.5 Å². The molecule has 0 unspecified atom stereocenters. The summed E-state index contributed by atoms with van der Waals surface area (Å²) >= 11 is 0. The zero-order valence-corrected chi connectivity index (χ0v) is 10.0. The molecular weight excluding hydrogens is 250 g/mol. The topological polar surface area (TPSA) is 121 Å². The minimum atomic E-state index is -1.15. The van der Waals surface area contributed by atoms with Crippen molar-refractivity contribution in [2.45, 2.75) is 13.3 Å². The molecule has 2 rings (SSSR count). The van der Waals surface area contributed by atoms with Gasteiger partial charge < -0.3 is 10.4 Å². The lowest BCUT2D eigenvalue weighted by molar-refractivity contribution is 0.0698. The molecule has 0 aliphatic heterocycles. The largest absolute Gasteiger partial charge is 0.478 e. The second-order valence-electron chi connectivity index (χ2n) is 3.64. The number of hydrogen-bond acceptors (Lipinski definition) is 5. The van der Waals surface area contributed by atoms with Gasteiger partial charge in [0.25, 0.3) is 5.91 Å². The van der Waals surface area contributed by atoms with Gasteiger partial charge >= 0.3 is 5.97 Å². The van der Waals surface area contributed by atoms with E-state index < -0.39 is 11.9 Å². The highest BCUT2D eigenvalue weighted by molar-refractivity contribution is 6.05. The van der Waals surface area contributed by atoms with Crippen LogP contribution in [0.3, 0.4) is 0 Å². The molecule has 19 heavy (non-hydrogen) atoms. The molecule has 0 atom stereocenters. The number of aromatic nitrogens is 4. The van der Waals surface area contributed by atoms with Crippen LogP contribution < -0.4 is 5.32 Å². The molecule has 0 aliphatic rings. The molecule has 2 heterocycles. The first kappa shape index (κ1) is 12.7. The van der Waals surface area contributed by atoms with Crippen LogP contribution in [0.25, 0.3) is 0 Å².